The van der Waals surface area contributed by atoms with Crippen molar-refractivity contribution < 1.29 is 0 Å². The van der Waals surface area contributed by atoms with E-state index in [-0.39, 0.29) is 0 Å². The van der Waals surface area contributed by atoms with Gasteiger partial charge in [0.05, 0.1) is 5.69 Å². The fraction of sp³-hybridized carbons (Fsp3) is 0.688. The summed E-state index contributed by atoms with van der Waals surface area (Å²) in [5.41, 5.74) is 2.91. The number of hydrogen-bond donors (Lipinski definition) is 1. The molecule has 2 rings (SSSR count). The van der Waals surface area contributed by atoms with Crippen LogP contribution in [0.4, 0.5) is 5.69 Å². The zero-order valence-electron chi connectivity index (χ0n) is 12.7. The summed E-state index contributed by atoms with van der Waals surface area (Å²) in [7, 11) is 0. The summed E-state index contributed by atoms with van der Waals surface area (Å²) in [4.78, 5) is 6.93. The first-order valence-electron chi connectivity index (χ1n) is 7.37. The molecule has 0 amide bonds. The second-order valence-electron chi connectivity index (χ2n) is 6.87. The molecule has 1 aliphatic rings. The maximum atomic E-state index is 4.45. The molecule has 0 unspecified atom stereocenters. The molecule has 3 heteroatoms. The van der Waals surface area contributed by atoms with E-state index in [1.807, 2.05) is 6.20 Å². The van der Waals surface area contributed by atoms with Crippen LogP contribution in [0.3, 0.4) is 0 Å². The van der Waals surface area contributed by atoms with Crippen molar-refractivity contribution in [1.82, 2.24) is 10.3 Å². The van der Waals surface area contributed by atoms with E-state index >= 15 is 0 Å². The average molecular weight is 261 g/mol. The van der Waals surface area contributed by atoms with Crippen molar-refractivity contribution >= 4 is 5.69 Å². The summed E-state index contributed by atoms with van der Waals surface area (Å²) in [5.74, 6) is 0.683. The normalized spacial score (nSPS) is 18.3. The fourth-order valence-electron chi connectivity index (χ4n) is 2.58. The number of hydrogen-bond acceptors (Lipinski definition) is 3. The molecule has 0 aliphatic carbocycles. The van der Waals surface area contributed by atoms with Crippen LogP contribution in [0.2, 0.25) is 0 Å². The Morgan fingerprint density at radius 3 is 2.84 bits per heavy atom. The number of anilines is 1. The summed E-state index contributed by atoms with van der Waals surface area (Å²) in [6, 6.07) is 4.36. The SMILES string of the molecule is CC(C)CNCc1cc(N2CCC(C)(C)C2)ccn1. The molecule has 1 N–H and O–H groups in total. The molecule has 19 heavy (non-hydrogen) atoms. The number of aromatic nitrogens is 1. The highest BCUT2D eigenvalue weighted by molar-refractivity contribution is 5.47. The third kappa shape index (κ3) is 4.20. The van der Waals surface area contributed by atoms with E-state index in [2.05, 4.69) is 55.0 Å². The molecule has 1 saturated heterocycles. The standard InChI is InChI=1S/C16H27N3/c1-13(2)10-17-11-14-9-15(5-7-18-14)19-8-6-16(3,4)12-19/h5,7,9,13,17H,6,8,10-12H2,1-4H3. The van der Waals surface area contributed by atoms with Crippen LogP contribution in [0, 0.1) is 11.3 Å². The highest BCUT2D eigenvalue weighted by Crippen LogP contribution is 2.32. The Hall–Kier alpha value is -1.09. The molecule has 106 valence electrons. The first-order chi connectivity index (χ1) is 8.96. The van der Waals surface area contributed by atoms with Gasteiger partial charge in [-0.1, -0.05) is 27.7 Å². The van der Waals surface area contributed by atoms with Gasteiger partial charge in [-0.2, -0.15) is 0 Å². The molecule has 0 spiro atoms. The second-order valence-corrected chi connectivity index (χ2v) is 6.87. The van der Waals surface area contributed by atoms with Crippen molar-refractivity contribution in [2.45, 2.75) is 40.7 Å². The molecule has 0 aromatic carbocycles. The van der Waals surface area contributed by atoms with Gasteiger partial charge in [0.2, 0.25) is 0 Å². The molecule has 1 aromatic heterocycles. The minimum Gasteiger partial charge on any atom is -0.371 e. The monoisotopic (exact) mass is 261 g/mol. The van der Waals surface area contributed by atoms with E-state index in [0.717, 1.165) is 31.9 Å². The summed E-state index contributed by atoms with van der Waals surface area (Å²) >= 11 is 0. The maximum absolute atomic E-state index is 4.45. The molecule has 1 fully saturated rings. The van der Waals surface area contributed by atoms with Gasteiger partial charge in [0, 0.05) is 31.5 Å². The maximum Gasteiger partial charge on any atom is 0.0562 e. The molecule has 0 atom stereocenters. The number of nitrogens with zero attached hydrogens (tertiary/aromatic N) is 2. The quantitative estimate of drug-likeness (QED) is 0.883. The molecule has 2 heterocycles. The van der Waals surface area contributed by atoms with Crippen molar-refractivity contribution in [2.75, 3.05) is 24.5 Å². The Balaban J connectivity index is 1.96. The third-order valence-corrected chi connectivity index (χ3v) is 3.70. The van der Waals surface area contributed by atoms with E-state index in [4.69, 9.17) is 0 Å². The minimum atomic E-state index is 0.444. The van der Waals surface area contributed by atoms with Gasteiger partial charge in [0.15, 0.2) is 0 Å². The Labute approximate surface area is 117 Å². The highest BCUT2D eigenvalue weighted by Gasteiger charge is 2.29. The molecule has 3 nitrogen and oxygen atoms in total. The molecule has 0 saturated carbocycles. The predicted molar refractivity (Wildman–Crippen MR) is 81.4 cm³/mol. The van der Waals surface area contributed by atoms with E-state index in [9.17, 15) is 0 Å². The first-order valence-corrected chi connectivity index (χ1v) is 7.37. The van der Waals surface area contributed by atoms with Crippen LogP contribution >= 0.6 is 0 Å². The Bertz CT molecular complexity index is 412. The highest BCUT2D eigenvalue weighted by atomic mass is 15.2. The first kappa shape index (κ1) is 14.3. The lowest BCUT2D eigenvalue weighted by molar-refractivity contribution is 0.418. The number of rotatable bonds is 5. The van der Waals surface area contributed by atoms with Crippen LogP contribution in [-0.4, -0.2) is 24.6 Å². The summed E-state index contributed by atoms with van der Waals surface area (Å²) in [6.45, 7) is 13.4. The van der Waals surface area contributed by atoms with Crippen LogP contribution in [0.1, 0.15) is 39.8 Å². The van der Waals surface area contributed by atoms with E-state index in [0.29, 0.717) is 11.3 Å². The molecule has 1 aliphatic heterocycles. The van der Waals surface area contributed by atoms with E-state index in [1.165, 1.54) is 12.1 Å². The average Bonchev–Trinajstić information content (AvgIpc) is 2.70. The third-order valence-electron chi connectivity index (χ3n) is 3.70. The Morgan fingerprint density at radius 1 is 1.42 bits per heavy atom. The van der Waals surface area contributed by atoms with Crippen molar-refractivity contribution in [1.29, 1.82) is 0 Å². The fourth-order valence-corrected chi connectivity index (χ4v) is 2.58. The molecular weight excluding hydrogens is 234 g/mol. The lowest BCUT2D eigenvalue weighted by atomic mass is 9.93. The van der Waals surface area contributed by atoms with Crippen molar-refractivity contribution in [2.24, 2.45) is 11.3 Å². The van der Waals surface area contributed by atoms with Crippen LogP contribution in [-0.2, 0) is 6.54 Å². The topological polar surface area (TPSA) is 28.2 Å². The smallest absolute Gasteiger partial charge is 0.0562 e. The molecule has 1 aromatic rings. The van der Waals surface area contributed by atoms with Crippen molar-refractivity contribution in [3.63, 3.8) is 0 Å². The summed E-state index contributed by atoms with van der Waals surface area (Å²) in [5, 5.41) is 3.45. The molecule has 0 bridgehead atoms. The zero-order valence-corrected chi connectivity index (χ0v) is 12.7. The van der Waals surface area contributed by atoms with Gasteiger partial charge in [0.1, 0.15) is 0 Å². The molecular formula is C16H27N3. The van der Waals surface area contributed by atoms with Crippen LogP contribution in [0.5, 0.6) is 0 Å². The number of pyridine rings is 1. The Kier molecular flexibility index (Phi) is 4.46. The summed E-state index contributed by atoms with van der Waals surface area (Å²) in [6.07, 6.45) is 3.21. The summed E-state index contributed by atoms with van der Waals surface area (Å²) < 4.78 is 0. The number of nitrogens with one attached hydrogen (secondary N) is 1. The van der Waals surface area contributed by atoms with Crippen LogP contribution < -0.4 is 10.2 Å². The zero-order chi connectivity index (χ0) is 13.9. The molecule has 0 radical (unpaired) electrons. The van der Waals surface area contributed by atoms with Gasteiger partial charge in [0.25, 0.3) is 0 Å². The largest absolute Gasteiger partial charge is 0.371 e. The van der Waals surface area contributed by atoms with Gasteiger partial charge in [-0.25, -0.2) is 0 Å². The lowest BCUT2D eigenvalue weighted by Gasteiger charge is -2.22. The van der Waals surface area contributed by atoms with Crippen LogP contribution in [0.15, 0.2) is 18.3 Å². The van der Waals surface area contributed by atoms with E-state index in [1.54, 1.807) is 0 Å². The van der Waals surface area contributed by atoms with E-state index < -0.39 is 0 Å². The predicted octanol–water partition coefficient (Wildman–Crippen LogP) is 3.06. The van der Waals surface area contributed by atoms with Crippen LogP contribution in [0.25, 0.3) is 0 Å². The van der Waals surface area contributed by atoms with Gasteiger partial charge in [-0.05, 0) is 36.4 Å². The van der Waals surface area contributed by atoms with Gasteiger partial charge in [-0.3, -0.25) is 4.98 Å². The van der Waals surface area contributed by atoms with Gasteiger partial charge >= 0.3 is 0 Å². The lowest BCUT2D eigenvalue weighted by Crippen LogP contribution is -2.23. The second kappa shape index (κ2) is 5.91. The van der Waals surface area contributed by atoms with Gasteiger partial charge < -0.3 is 10.2 Å². The van der Waals surface area contributed by atoms with Crippen molar-refractivity contribution in [3.05, 3.63) is 24.0 Å². The minimum absolute atomic E-state index is 0.444. The van der Waals surface area contributed by atoms with Gasteiger partial charge in [-0.15, -0.1) is 0 Å². The van der Waals surface area contributed by atoms with Crippen molar-refractivity contribution in [3.8, 4) is 0 Å². The Morgan fingerprint density at radius 2 is 2.21 bits per heavy atom.